The monoisotopic (exact) mass is 384 g/mol. The number of nitrogens with zero attached hydrogens (tertiary/aromatic N) is 1. The molecule has 27 heavy (non-hydrogen) atoms. The smallest absolute Gasteiger partial charge is 0.229 e. The highest BCUT2D eigenvalue weighted by molar-refractivity contribution is 6.31. The first-order valence-corrected chi connectivity index (χ1v) is 9.62. The fourth-order valence-electron chi connectivity index (χ4n) is 3.56. The van der Waals surface area contributed by atoms with Crippen LogP contribution in [0.25, 0.3) is 0 Å². The zero-order valence-electron chi connectivity index (χ0n) is 16.2. The van der Waals surface area contributed by atoms with Crippen molar-refractivity contribution in [2.24, 2.45) is 5.92 Å². The minimum atomic E-state index is -0.379. The Kier molecular flexibility index (Phi) is 5.56. The van der Waals surface area contributed by atoms with Crippen molar-refractivity contribution < 1.29 is 9.59 Å². The van der Waals surface area contributed by atoms with Crippen LogP contribution >= 0.6 is 11.6 Å². The van der Waals surface area contributed by atoms with Crippen LogP contribution in [-0.4, -0.2) is 18.4 Å². The second kappa shape index (κ2) is 7.73. The van der Waals surface area contributed by atoms with Crippen molar-refractivity contribution in [2.75, 3.05) is 16.8 Å². The zero-order chi connectivity index (χ0) is 19.7. The van der Waals surface area contributed by atoms with Crippen molar-refractivity contribution in [2.45, 2.75) is 40.0 Å². The summed E-state index contributed by atoms with van der Waals surface area (Å²) in [5.74, 6) is -0.234. The largest absolute Gasteiger partial charge is 0.325 e. The first-order valence-electron chi connectivity index (χ1n) is 9.24. The third-order valence-electron chi connectivity index (χ3n) is 5.13. The summed E-state index contributed by atoms with van der Waals surface area (Å²) in [7, 11) is 0. The molecule has 1 aliphatic rings. The van der Waals surface area contributed by atoms with Crippen LogP contribution in [0.15, 0.2) is 36.4 Å². The summed E-state index contributed by atoms with van der Waals surface area (Å²) in [6.45, 7) is 8.51. The van der Waals surface area contributed by atoms with Gasteiger partial charge in [0.25, 0.3) is 0 Å². The third-order valence-corrected chi connectivity index (χ3v) is 5.37. The number of rotatable bonds is 4. The first-order chi connectivity index (χ1) is 12.8. The lowest BCUT2D eigenvalue weighted by atomic mass is 9.97. The number of para-hydroxylation sites is 1. The van der Waals surface area contributed by atoms with Crippen molar-refractivity contribution in [3.63, 3.8) is 0 Å². The number of halogens is 1. The molecule has 1 heterocycles. The fraction of sp³-hybridized carbons (Fsp3) is 0.364. The van der Waals surface area contributed by atoms with Gasteiger partial charge in [-0.3, -0.25) is 9.59 Å². The Labute approximate surface area is 165 Å². The van der Waals surface area contributed by atoms with Crippen molar-refractivity contribution in [1.29, 1.82) is 0 Å². The van der Waals surface area contributed by atoms with Gasteiger partial charge in [0.2, 0.25) is 11.8 Å². The van der Waals surface area contributed by atoms with Crippen LogP contribution in [0.2, 0.25) is 5.02 Å². The van der Waals surface area contributed by atoms with Gasteiger partial charge in [-0.2, -0.15) is 0 Å². The van der Waals surface area contributed by atoms with Gasteiger partial charge in [-0.25, -0.2) is 0 Å². The van der Waals surface area contributed by atoms with E-state index in [9.17, 15) is 9.59 Å². The highest BCUT2D eigenvalue weighted by Gasteiger charge is 2.36. The Hall–Kier alpha value is -2.33. The number of carbonyl (C=O) groups excluding carboxylic acids is 2. The van der Waals surface area contributed by atoms with Crippen molar-refractivity contribution in [3.05, 3.63) is 58.1 Å². The molecule has 0 aromatic heterocycles. The molecule has 0 aliphatic carbocycles. The second-order valence-electron chi connectivity index (χ2n) is 7.52. The normalized spacial score (nSPS) is 16.9. The molecule has 2 amide bonds. The number of carbonyl (C=O) groups is 2. The molecule has 0 radical (unpaired) electrons. The quantitative estimate of drug-likeness (QED) is 0.799. The van der Waals surface area contributed by atoms with E-state index in [4.69, 9.17) is 11.6 Å². The van der Waals surface area contributed by atoms with Crippen LogP contribution < -0.4 is 10.2 Å². The van der Waals surface area contributed by atoms with Gasteiger partial charge < -0.3 is 10.2 Å². The molecule has 1 atom stereocenters. The van der Waals surface area contributed by atoms with E-state index in [-0.39, 0.29) is 24.2 Å². The van der Waals surface area contributed by atoms with Crippen LogP contribution in [0.5, 0.6) is 0 Å². The van der Waals surface area contributed by atoms with Gasteiger partial charge in [-0.1, -0.05) is 49.7 Å². The molecule has 0 bridgehead atoms. The van der Waals surface area contributed by atoms with Crippen LogP contribution in [0.4, 0.5) is 11.4 Å². The van der Waals surface area contributed by atoms with E-state index >= 15 is 0 Å². The predicted octanol–water partition coefficient (Wildman–Crippen LogP) is 5.07. The lowest BCUT2D eigenvalue weighted by molar-refractivity contribution is -0.122. The van der Waals surface area contributed by atoms with Crippen LogP contribution in [-0.2, 0) is 9.59 Å². The number of hydrogen-bond donors (Lipinski definition) is 1. The van der Waals surface area contributed by atoms with E-state index in [1.54, 1.807) is 17.0 Å². The van der Waals surface area contributed by atoms with Crippen molar-refractivity contribution in [3.8, 4) is 0 Å². The summed E-state index contributed by atoms with van der Waals surface area (Å²) in [4.78, 5) is 27.1. The summed E-state index contributed by atoms with van der Waals surface area (Å²) in [6.07, 6.45) is 0.209. The van der Waals surface area contributed by atoms with E-state index < -0.39 is 0 Å². The molecule has 0 saturated carbocycles. The lowest BCUT2D eigenvalue weighted by Crippen LogP contribution is -2.29. The highest BCUT2D eigenvalue weighted by Crippen LogP contribution is 2.32. The van der Waals surface area contributed by atoms with E-state index in [0.717, 1.165) is 28.1 Å². The van der Waals surface area contributed by atoms with Crippen molar-refractivity contribution in [1.82, 2.24) is 0 Å². The molecule has 0 spiro atoms. The first kappa shape index (κ1) is 19.4. The molecule has 4 nitrogen and oxygen atoms in total. The molecule has 1 aliphatic heterocycles. The molecule has 2 aromatic carbocycles. The SMILES string of the molecule is Cc1ccc(Cl)cc1N1CC(C(=O)Nc2c(C)cccc2C(C)C)CC1=O. The second-order valence-corrected chi connectivity index (χ2v) is 7.96. The lowest BCUT2D eigenvalue weighted by Gasteiger charge is -2.20. The molecular formula is C22H25ClN2O2. The maximum absolute atomic E-state index is 12.9. The average Bonchev–Trinajstić information content (AvgIpc) is 3.00. The number of anilines is 2. The minimum Gasteiger partial charge on any atom is -0.325 e. The highest BCUT2D eigenvalue weighted by atomic mass is 35.5. The number of aryl methyl sites for hydroxylation is 2. The molecule has 1 N–H and O–H groups in total. The molecule has 142 valence electrons. The molecule has 2 aromatic rings. The maximum Gasteiger partial charge on any atom is 0.229 e. The van der Waals surface area contributed by atoms with Gasteiger partial charge in [0.1, 0.15) is 0 Å². The number of nitrogens with one attached hydrogen (secondary N) is 1. The maximum atomic E-state index is 12.9. The molecule has 3 rings (SSSR count). The average molecular weight is 385 g/mol. The molecule has 1 unspecified atom stereocenters. The van der Waals surface area contributed by atoms with Gasteiger partial charge >= 0.3 is 0 Å². The number of hydrogen-bond acceptors (Lipinski definition) is 2. The van der Waals surface area contributed by atoms with Gasteiger partial charge in [0.15, 0.2) is 0 Å². The van der Waals surface area contributed by atoms with E-state index in [2.05, 4.69) is 19.2 Å². The van der Waals surface area contributed by atoms with Gasteiger partial charge in [0.05, 0.1) is 5.92 Å². The van der Waals surface area contributed by atoms with Crippen molar-refractivity contribution >= 4 is 34.8 Å². The third kappa shape index (κ3) is 4.01. The van der Waals surface area contributed by atoms with Crippen LogP contribution in [0, 0.1) is 19.8 Å². The minimum absolute atomic E-state index is 0.0469. The Balaban J connectivity index is 1.80. The van der Waals surface area contributed by atoms with Crippen LogP contribution in [0.3, 0.4) is 0 Å². The molecule has 1 fully saturated rings. The molecule has 1 saturated heterocycles. The van der Waals surface area contributed by atoms with E-state index in [1.165, 1.54) is 0 Å². The topological polar surface area (TPSA) is 49.4 Å². The summed E-state index contributed by atoms with van der Waals surface area (Å²) < 4.78 is 0. The van der Waals surface area contributed by atoms with E-state index in [1.807, 2.05) is 38.1 Å². The summed E-state index contributed by atoms with van der Waals surface area (Å²) >= 11 is 6.10. The summed E-state index contributed by atoms with van der Waals surface area (Å²) in [5, 5.41) is 3.66. The Bertz CT molecular complexity index is 892. The predicted molar refractivity (Wildman–Crippen MR) is 111 cm³/mol. The standard InChI is InChI=1S/C22H25ClN2O2/c1-13(2)18-7-5-6-15(4)21(18)24-22(27)16-10-20(26)25(12-16)19-11-17(23)9-8-14(19)3/h5-9,11,13,16H,10,12H2,1-4H3,(H,24,27). The van der Waals surface area contributed by atoms with Gasteiger partial charge in [-0.15, -0.1) is 0 Å². The Morgan fingerprint density at radius 3 is 2.63 bits per heavy atom. The Morgan fingerprint density at radius 2 is 1.93 bits per heavy atom. The summed E-state index contributed by atoms with van der Waals surface area (Å²) in [5.41, 5.74) is 4.75. The summed E-state index contributed by atoms with van der Waals surface area (Å²) in [6, 6.07) is 11.5. The fourth-order valence-corrected chi connectivity index (χ4v) is 3.72. The number of benzene rings is 2. The molecular weight excluding hydrogens is 360 g/mol. The van der Waals surface area contributed by atoms with Crippen LogP contribution in [0.1, 0.15) is 42.9 Å². The van der Waals surface area contributed by atoms with E-state index in [0.29, 0.717) is 17.5 Å². The number of amides is 2. The molecule has 5 heteroatoms. The Morgan fingerprint density at radius 1 is 1.19 bits per heavy atom. The zero-order valence-corrected chi connectivity index (χ0v) is 16.9. The van der Waals surface area contributed by atoms with Gasteiger partial charge in [-0.05, 0) is 48.6 Å². The van der Waals surface area contributed by atoms with Gasteiger partial charge in [0, 0.05) is 29.4 Å².